The first-order valence-electron chi connectivity index (χ1n) is 9.41. The highest BCUT2D eigenvalue weighted by atomic mass is 32.2. The molecule has 0 aliphatic rings. The minimum atomic E-state index is -4.62. The molecule has 0 saturated carbocycles. The molecule has 0 radical (unpaired) electrons. The molecule has 3 amide bonds. The minimum absolute atomic E-state index is 0.148. The lowest BCUT2D eigenvalue weighted by Crippen LogP contribution is -2.54. The van der Waals surface area contributed by atoms with Gasteiger partial charge < -0.3 is 10.6 Å². The third-order valence-electron chi connectivity index (χ3n) is 4.41. The zero-order valence-corrected chi connectivity index (χ0v) is 19.7. The van der Waals surface area contributed by atoms with Gasteiger partial charge in [0.05, 0.1) is 10.6 Å². The maximum atomic E-state index is 14.2. The van der Waals surface area contributed by atoms with E-state index in [2.05, 4.69) is 15.6 Å². The average Bonchev–Trinajstić information content (AvgIpc) is 2.99. The highest BCUT2D eigenvalue weighted by Gasteiger charge is 2.48. The van der Waals surface area contributed by atoms with Gasteiger partial charge in [-0.1, -0.05) is 17.4 Å². The fraction of sp³-hybridized carbons (Fsp3) is 0.421. The van der Waals surface area contributed by atoms with Gasteiger partial charge in [0, 0.05) is 19.2 Å². The summed E-state index contributed by atoms with van der Waals surface area (Å²) in [5.74, 6) is -1.80. The third-order valence-corrected chi connectivity index (χ3v) is 6.66. The van der Waals surface area contributed by atoms with E-state index in [1.807, 2.05) is 5.32 Å². The Morgan fingerprint density at radius 3 is 2.36 bits per heavy atom. The number of rotatable bonds is 7. The van der Waals surface area contributed by atoms with E-state index in [1.165, 1.54) is 6.07 Å². The number of alkyl halides is 3. The number of amides is 3. The number of sulfone groups is 1. The highest BCUT2D eigenvalue weighted by molar-refractivity contribution is 7.90. The number of hydrogen-bond acceptors (Lipinski definition) is 6. The molecule has 1 heterocycles. The Balaban J connectivity index is 1.96. The van der Waals surface area contributed by atoms with Crippen molar-refractivity contribution in [1.82, 2.24) is 15.6 Å². The summed E-state index contributed by atoms with van der Waals surface area (Å²) >= 11 is 1.01. The van der Waals surface area contributed by atoms with Crippen LogP contribution in [-0.2, 0) is 14.6 Å². The number of urea groups is 1. The van der Waals surface area contributed by atoms with E-state index in [1.54, 1.807) is 6.92 Å². The van der Waals surface area contributed by atoms with Crippen molar-refractivity contribution in [3.05, 3.63) is 29.7 Å². The number of nitrogens with zero attached hydrogens (tertiary/aromatic N) is 1. The Hall–Kier alpha value is -2.74. The summed E-state index contributed by atoms with van der Waals surface area (Å²) in [6, 6.07) is 2.88. The molecule has 33 heavy (non-hydrogen) atoms. The molecule has 0 bridgehead atoms. The molecule has 0 unspecified atom stereocenters. The summed E-state index contributed by atoms with van der Waals surface area (Å²) in [5.41, 5.74) is -1.58. The van der Waals surface area contributed by atoms with E-state index in [9.17, 15) is 35.6 Å². The van der Waals surface area contributed by atoms with Gasteiger partial charge in [0.15, 0.2) is 15.0 Å². The first-order chi connectivity index (χ1) is 15.0. The predicted octanol–water partition coefficient (Wildman–Crippen LogP) is 3.63. The van der Waals surface area contributed by atoms with Crippen molar-refractivity contribution in [2.45, 2.75) is 43.8 Å². The first kappa shape index (κ1) is 26.5. The molecule has 3 N–H and O–H groups in total. The average molecular weight is 511 g/mol. The van der Waals surface area contributed by atoms with Gasteiger partial charge in [0.2, 0.25) is 5.91 Å². The molecule has 2 aromatic rings. The van der Waals surface area contributed by atoms with Gasteiger partial charge in [-0.15, -0.1) is 0 Å². The Morgan fingerprint density at radius 1 is 1.18 bits per heavy atom. The number of thiazole rings is 1. The van der Waals surface area contributed by atoms with E-state index < -0.39 is 44.2 Å². The van der Waals surface area contributed by atoms with Gasteiger partial charge in [0.1, 0.15) is 16.3 Å². The number of aromatic nitrogens is 1. The molecule has 0 saturated heterocycles. The van der Waals surface area contributed by atoms with Crippen LogP contribution < -0.4 is 16.0 Å². The van der Waals surface area contributed by atoms with Crippen molar-refractivity contribution < 1.29 is 35.6 Å². The Kier molecular flexibility index (Phi) is 7.74. The number of anilines is 1. The van der Waals surface area contributed by atoms with E-state index >= 15 is 0 Å². The summed E-state index contributed by atoms with van der Waals surface area (Å²) in [4.78, 5) is 27.9. The van der Waals surface area contributed by atoms with E-state index in [0.29, 0.717) is 16.1 Å². The molecular weight excluding hydrogens is 488 g/mol. The number of hydrogen-bond donors (Lipinski definition) is 3. The van der Waals surface area contributed by atoms with Crippen LogP contribution in [0.2, 0.25) is 0 Å². The standard InChI is InChI=1S/C19H22F4N4O4S2/c1-10-15(11-5-6-13(12(20)9-11)33(4,30)31)32-17(25-10)26-16(29)24-8-7-14(28)27-18(2,3)19(21,22)23/h5-6,9H,7-8H2,1-4H3,(H,27,28)(H2,24,25,26,29). The number of nitrogens with one attached hydrogen (secondary N) is 3. The van der Waals surface area contributed by atoms with Crippen molar-refractivity contribution in [2.75, 3.05) is 18.1 Å². The zero-order valence-electron chi connectivity index (χ0n) is 18.1. The first-order valence-corrected chi connectivity index (χ1v) is 12.1. The summed E-state index contributed by atoms with van der Waals surface area (Å²) < 4.78 is 75.7. The minimum Gasteiger partial charge on any atom is -0.342 e. The van der Waals surface area contributed by atoms with Crippen LogP contribution in [0.15, 0.2) is 23.1 Å². The zero-order chi connectivity index (χ0) is 25.2. The van der Waals surface area contributed by atoms with Crippen LogP contribution in [0.25, 0.3) is 10.4 Å². The number of halogens is 4. The monoisotopic (exact) mass is 510 g/mol. The number of aryl methyl sites for hydroxylation is 1. The van der Waals surface area contributed by atoms with Gasteiger partial charge in [-0.25, -0.2) is 22.6 Å². The van der Waals surface area contributed by atoms with Gasteiger partial charge in [-0.3, -0.25) is 10.1 Å². The van der Waals surface area contributed by atoms with Crippen LogP contribution >= 0.6 is 11.3 Å². The molecule has 1 aromatic heterocycles. The summed E-state index contributed by atoms with van der Waals surface area (Å²) in [7, 11) is -3.72. The highest BCUT2D eigenvalue weighted by Crippen LogP contribution is 2.34. The maximum absolute atomic E-state index is 14.2. The van der Waals surface area contributed by atoms with Crippen molar-refractivity contribution in [1.29, 1.82) is 0 Å². The fourth-order valence-corrected chi connectivity index (χ4v) is 4.26. The summed E-state index contributed by atoms with van der Waals surface area (Å²) in [6.07, 6.45) is -4.10. The van der Waals surface area contributed by atoms with Crippen LogP contribution in [0.3, 0.4) is 0 Å². The number of benzene rings is 1. The largest absolute Gasteiger partial charge is 0.410 e. The van der Waals surface area contributed by atoms with Gasteiger partial charge in [-0.05, 0) is 38.5 Å². The topological polar surface area (TPSA) is 117 Å². The van der Waals surface area contributed by atoms with Gasteiger partial charge >= 0.3 is 12.2 Å². The normalized spacial score (nSPS) is 12.4. The predicted molar refractivity (Wildman–Crippen MR) is 115 cm³/mol. The second-order valence-corrected chi connectivity index (χ2v) is 10.6. The van der Waals surface area contributed by atoms with Crippen molar-refractivity contribution in [3.8, 4) is 10.4 Å². The molecule has 0 atom stereocenters. The molecule has 0 fully saturated rings. The molecule has 0 aliphatic carbocycles. The lowest BCUT2D eigenvalue weighted by atomic mass is 10.1. The van der Waals surface area contributed by atoms with Crippen LogP contribution in [0.1, 0.15) is 26.0 Å². The van der Waals surface area contributed by atoms with Crippen LogP contribution in [0.4, 0.5) is 27.5 Å². The SMILES string of the molecule is Cc1nc(NC(=O)NCCC(=O)NC(C)(C)C(F)(F)F)sc1-c1ccc(S(C)(=O)=O)c(F)c1. The molecule has 182 valence electrons. The van der Waals surface area contributed by atoms with Crippen LogP contribution in [0.5, 0.6) is 0 Å². The Labute approximate surface area is 191 Å². The van der Waals surface area contributed by atoms with Gasteiger partial charge in [-0.2, -0.15) is 13.2 Å². The smallest absolute Gasteiger partial charge is 0.342 e. The third kappa shape index (κ3) is 6.87. The van der Waals surface area contributed by atoms with E-state index in [0.717, 1.165) is 43.6 Å². The number of carbonyl (C=O) groups is 2. The van der Waals surface area contributed by atoms with E-state index in [-0.39, 0.29) is 18.1 Å². The Bertz CT molecular complexity index is 1160. The lowest BCUT2D eigenvalue weighted by Gasteiger charge is -2.28. The summed E-state index contributed by atoms with van der Waals surface area (Å²) in [5, 5.41) is 6.76. The number of carbonyl (C=O) groups excluding carboxylic acids is 2. The molecule has 14 heteroatoms. The Morgan fingerprint density at radius 2 is 1.82 bits per heavy atom. The van der Waals surface area contributed by atoms with Gasteiger partial charge in [0.25, 0.3) is 0 Å². The second kappa shape index (κ2) is 9.63. The second-order valence-electron chi connectivity index (χ2n) is 7.65. The molecular formula is C19H22F4N4O4S2. The summed E-state index contributed by atoms with van der Waals surface area (Å²) in [6.45, 7) is 3.05. The lowest BCUT2D eigenvalue weighted by molar-refractivity contribution is -0.188. The van der Waals surface area contributed by atoms with Crippen LogP contribution in [-0.4, -0.2) is 49.9 Å². The van der Waals surface area contributed by atoms with Crippen molar-refractivity contribution >= 4 is 38.2 Å². The fourth-order valence-electron chi connectivity index (χ4n) is 2.57. The molecule has 0 aliphatic heterocycles. The van der Waals surface area contributed by atoms with E-state index in [4.69, 9.17) is 0 Å². The van der Waals surface area contributed by atoms with Crippen molar-refractivity contribution in [2.24, 2.45) is 0 Å². The molecule has 2 rings (SSSR count). The maximum Gasteiger partial charge on any atom is 0.410 e. The quantitative estimate of drug-likeness (QED) is 0.492. The van der Waals surface area contributed by atoms with Crippen molar-refractivity contribution in [3.63, 3.8) is 0 Å². The van der Waals surface area contributed by atoms with Crippen LogP contribution in [0, 0.1) is 12.7 Å². The molecule has 0 spiro atoms. The molecule has 1 aromatic carbocycles. The molecule has 8 nitrogen and oxygen atoms in total.